The van der Waals surface area contributed by atoms with E-state index >= 15 is 0 Å². The van der Waals surface area contributed by atoms with E-state index in [1.165, 1.54) is 24.0 Å². The normalized spacial score (nSPS) is 15.5. The van der Waals surface area contributed by atoms with E-state index in [2.05, 4.69) is 46.1 Å². The molecule has 5 aromatic rings. The molecule has 5 heterocycles. The van der Waals surface area contributed by atoms with Crippen LogP contribution in [0.2, 0.25) is 0 Å². The Morgan fingerprint density at radius 1 is 1.16 bits per heavy atom. The highest BCUT2D eigenvalue weighted by molar-refractivity contribution is 7.22. The molecule has 0 bridgehead atoms. The largest absolute Gasteiger partial charge is 0.465 e. The van der Waals surface area contributed by atoms with Crippen molar-refractivity contribution < 1.29 is 18.8 Å². The van der Waals surface area contributed by atoms with Crippen molar-refractivity contribution >= 4 is 38.6 Å². The lowest BCUT2D eigenvalue weighted by Gasteiger charge is -2.33. The third-order valence-electron chi connectivity index (χ3n) is 7.52. The molecule has 0 unspecified atom stereocenters. The van der Waals surface area contributed by atoms with E-state index in [9.17, 15) is 4.79 Å². The second kappa shape index (κ2) is 9.43. The molecule has 1 aliphatic rings. The number of pyridine rings is 1. The van der Waals surface area contributed by atoms with Gasteiger partial charge in [-0.05, 0) is 56.7 Å². The highest BCUT2D eigenvalue weighted by Crippen LogP contribution is 2.45. The molecule has 7 nitrogen and oxygen atoms in total. The number of carbonyl (C=O) groups is 1. The van der Waals surface area contributed by atoms with Crippen molar-refractivity contribution in [2.75, 3.05) is 20.3 Å². The van der Waals surface area contributed by atoms with Gasteiger partial charge in [0.1, 0.15) is 16.2 Å². The van der Waals surface area contributed by atoms with E-state index in [1.54, 1.807) is 0 Å². The van der Waals surface area contributed by atoms with E-state index in [-0.39, 0.29) is 12.0 Å². The number of thiophene rings is 1. The van der Waals surface area contributed by atoms with Crippen LogP contribution in [0.25, 0.3) is 32.4 Å². The number of fused-ring (bicyclic) bond motifs is 3. The number of hydrogen-bond donors (Lipinski definition) is 0. The van der Waals surface area contributed by atoms with Gasteiger partial charge in [0.05, 0.1) is 34.6 Å². The van der Waals surface area contributed by atoms with Gasteiger partial charge in [-0.1, -0.05) is 35.5 Å². The van der Waals surface area contributed by atoms with Crippen molar-refractivity contribution in [3.05, 3.63) is 70.1 Å². The third kappa shape index (κ3) is 3.86. The minimum Gasteiger partial charge on any atom is -0.465 e. The topological polar surface area (TPSA) is 79.4 Å². The number of hydrogen-bond acceptors (Lipinski definition) is 7. The predicted molar refractivity (Wildman–Crippen MR) is 144 cm³/mol. The van der Waals surface area contributed by atoms with Gasteiger partial charge in [-0.15, -0.1) is 11.3 Å². The SMILES string of the molecule is COC(=O)c1sc2c3ncc(-c4c(C)noc4C)cc3n([C@H](c3ccccc3)C3CCOCC3)c2c1C. The summed E-state index contributed by atoms with van der Waals surface area (Å²) in [6.45, 7) is 7.39. The lowest BCUT2D eigenvalue weighted by molar-refractivity contribution is 0.0553. The lowest BCUT2D eigenvalue weighted by atomic mass is 9.86. The Kier molecular flexibility index (Phi) is 6.09. The van der Waals surface area contributed by atoms with Gasteiger partial charge in [-0.2, -0.15) is 0 Å². The van der Waals surface area contributed by atoms with Crippen molar-refractivity contribution in [1.82, 2.24) is 14.7 Å². The molecule has 0 saturated carbocycles. The zero-order valence-corrected chi connectivity index (χ0v) is 22.2. The lowest BCUT2D eigenvalue weighted by Crippen LogP contribution is -2.27. The molecule has 4 aromatic heterocycles. The van der Waals surface area contributed by atoms with Gasteiger partial charge in [-0.25, -0.2) is 4.79 Å². The van der Waals surface area contributed by atoms with Crippen LogP contribution in [-0.2, 0) is 9.47 Å². The van der Waals surface area contributed by atoms with Crippen molar-refractivity contribution in [1.29, 1.82) is 0 Å². The number of aryl methyl sites for hydroxylation is 3. The fourth-order valence-electron chi connectivity index (χ4n) is 5.81. The Balaban J connectivity index is 1.69. The van der Waals surface area contributed by atoms with Crippen LogP contribution in [0.5, 0.6) is 0 Å². The molecule has 0 spiro atoms. The molecule has 1 fully saturated rings. The predicted octanol–water partition coefficient (Wildman–Crippen LogP) is 6.63. The van der Waals surface area contributed by atoms with Crippen LogP contribution < -0.4 is 0 Å². The van der Waals surface area contributed by atoms with E-state index in [0.717, 1.165) is 75.4 Å². The Bertz CT molecular complexity index is 1590. The average molecular weight is 516 g/mol. The summed E-state index contributed by atoms with van der Waals surface area (Å²) in [6.07, 6.45) is 3.81. The first-order valence-corrected chi connectivity index (χ1v) is 13.4. The number of carbonyl (C=O) groups excluding carboxylic acids is 1. The van der Waals surface area contributed by atoms with Crippen LogP contribution in [-0.4, -0.2) is 41.0 Å². The van der Waals surface area contributed by atoms with Crippen LogP contribution in [0.4, 0.5) is 0 Å². The quantitative estimate of drug-likeness (QED) is 0.244. The minimum absolute atomic E-state index is 0.0608. The van der Waals surface area contributed by atoms with Gasteiger partial charge in [0.15, 0.2) is 0 Å². The van der Waals surface area contributed by atoms with Crippen molar-refractivity contribution in [3.63, 3.8) is 0 Å². The molecule has 0 N–H and O–H groups in total. The summed E-state index contributed by atoms with van der Waals surface area (Å²) in [5, 5.41) is 4.17. The zero-order valence-electron chi connectivity index (χ0n) is 21.4. The fraction of sp³-hybridized carbons (Fsp3) is 0.345. The minimum atomic E-state index is -0.312. The molecule has 1 atom stereocenters. The number of methoxy groups -OCH3 is 1. The van der Waals surface area contributed by atoms with Gasteiger partial charge in [0.2, 0.25) is 0 Å². The maximum absolute atomic E-state index is 12.7. The summed E-state index contributed by atoms with van der Waals surface area (Å²) in [6, 6.07) is 12.9. The molecule has 37 heavy (non-hydrogen) atoms. The Labute approximate surface area is 219 Å². The molecule has 0 amide bonds. The maximum atomic E-state index is 12.7. The number of aromatic nitrogens is 3. The number of ether oxygens (including phenoxy) is 2. The summed E-state index contributed by atoms with van der Waals surface area (Å²) in [4.78, 5) is 18.3. The van der Waals surface area contributed by atoms with E-state index in [4.69, 9.17) is 19.0 Å². The smallest absolute Gasteiger partial charge is 0.348 e. The highest BCUT2D eigenvalue weighted by atomic mass is 32.1. The first-order valence-electron chi connectivity index (χ1n) is 12.6. The number of nitrogens with zero attached hydrogens (tertiary/aromatic N) is 3. The van der Waals surface area contributed by atoms with Crippen molar-refractivity contribution in [3.8, 4) is 11.1 Å². The van der Waals surface area contributed by atoms with Gasteiger partial charge in [0, 0.05) is 30.5 Å². The van der Waals surface area contributed by atoms with Crippen molar-refractivity contribution in [2.45, 2.75) is 39.7 Å². The van der Waals surface area contributed by atoms with E-state index in [0.29, 0.717) is 10.8 Å². The van der Waals surface area contributed by atoms with Crippen LogP contribution in [0.15, 0.2) is 47.1 Å². The molecular formula is C29H29N3O4S. The Hall–Kier alpha value is -3.49. The molecular weight excluding hydrogens is 486 g/mol. The van der Waals surface area contributed by atoms with Crippen LogP contribution in [0.3, 0.4) is 0 Å². The first-order chi connectivity index (χ1) is 18.0. The second-order valence-corrected chi connectivity index (χ2v) is 10.7. The Morgan fingerprint density at radius 2 is 1.92 bits per heavy atom. The van der Waals surface area contributed by atoms with Crippen LogP contribution in [0.1, 0.15) is 51.1 Å². The summed E-state index contributed by atoms with van der Waals surface area (Å²) in [5.41, 5.74) is 7.92. The van der Waals surface area contributed by atoms with Crippen LogP contribution in [0, 0.1) is 26.7 Å². The average Bonchev–Trinajstić information content (AvgIpc) is 3.55. The second-order valence-electron chi connectivity index (χ2n) is 9.69. The molecule has 190 valence electrons. The standard InChI is InChI=1S/C29H29N3O4S/c1-16-25-28(37-27(16)29(33)34-4)24-22(14-21(15-30-24)23-17(2)31-36-18(23)3)32(25)26(19-8-6-5-7-9-19)20-10-12-35-13-11-20/h5-9,14-15,20,26H,10-13H2,1-4H3/t26-/m1/s1. The van der Waals surface area contributed by atoms with Gasteiger partial charge in [0.25, 0.3) is 0 Å². The number of rotatable bonds is 5. The van der Waals surface area contributed by atoms with Gasteiger partial charge < -0.3 is 18.6 Å². The van der Waals surface area contributed by atoms with Gasteiger partial charge in [-0.3, -0.25) is 4.98 Å². The molecule has 0 radical (unpaired) electrons. The molecule has 1 aromatic carbocycles. The van der Waals surface area contributed by atoms with E-state index < -0.39 is 0 Å². The Morgan fingerprint density at radius 3 is 2.59 bits per heavy atom. The molecule has 1 aliphatic heterocycles. The van der Waals surface area contributed by atoms with Crippen LogP contribution >= 0.6 is 11.3 Å². The molecule has 0 aliphatic carbocycles. The molecule has 1 saturated heterocycles. The zero-order chi connectivity index (χ0) is 25.7. The number of esters is 1. The summed E-state index contributed by atoms with van der Waals surface area (Å²) in [5.74, 6) is 0.832. The first kappa shape index (κ1) is 23.9. The highest BCUT2D eigenvalue weighted by Gasteiger charge is 2.33. The summed E-state index contributed by atoms with van der Waals surface area (Å²) >= 11 is 1.46. The van der Waals surface area contributed by atoms with Gasteiger partial charge >= 0.3 is 5.97 Å². The molecule has 8 heteroatoms. The summed E-state index contributed by atoms with van der Waals surface area (Å²) < 4.78 is 19.8. The van der Waals surface area contributed by atoms with E-state index in [1.807, 2.05) is 27.0 Å². The third-order valence-corrected chi connectivity index (χ3v) is 8.79. The fourth-order valence-corrected chi connectivity index (χ4v) is 7.03. The maximum Gasteiger partial charge on any atom is 0.348 e. The number of benzene rings is 1. The molecule has 6 rings (SSSR count). The van der Waals surface area contributed by atoms with Crippen molar-refractivity contribution in [2.24, 2.45) is 5.92 Å². The summed E-state index contributed by atoms with van der Waals surface area (Å²) in [7, 11) is 1.43. The monoisotopic (exact) mass is 515 g/mol.